The highest BCUT2D eigenvalue weighted by molar-refractivity contribution is 5.74. The lowest BCUT2D eigenvalue weighted by Gasteiger charge is -2.22. The second kappa shape index (κ2) is 6.90. The minimum Gasteiger partial charge on any atom is -0.444 e. The predicted octanol–water partition coefficient (Wildman–Crippen LogP) is 2.13. The zero-order valence-electron chi connectivity index (χ0n) is 14.3. The Hall–Kier alpha value is -2.58. The van der Waals surface area contributed by atoms with Crippen LogP contribution in [0.15, 0.2) is 12.3 Å². The molecule has 1 aromatic rings. The number of nitro groups is 1. The molecule has 0 aliphatic carbocycles. The van der Waals surface area contributed by atoms with Gasteiger partial charge in [-0.1, -0.05) is 0 Å². The highest BCUT2D eigenvalue weighted by Crippen LogP contribution is 2.35. The van der Waals surface area contributed by atoms with Crippen molar-refractivity contribution in [2.75, 3.05) is 30.4 Å². The summed E-state index contributed by atoms with van der Waals surface area (Å²) in [5.41, 5.74) is -0.126. The van der Waals surface area contributed by atoms with Crippen molar-refractivity contribution < 1.29 is 14.5 Å². The molecule has 0 saturated carbocycles. The zero-order chi connectivity index (χ0) is 17.9. The van der Waals surface area contributed by atoms with Gasteiger partial charge in [0, 0.05) is 26.3 Å². The first-order chi connectivity index (χ1) is 11.2. The van der Waals surface area contributed by atoms with Crippen molar-refractivity contribution in [2.45, 2.75) is 38.8 Å². The molecule has 1 saturated heterocycles. The molecule has 0 unspecified atom stereocenters. The van der Waals surface area contributed by atoms with Gasteiger partial charge in [0.2, 0.25) is 5.82 Å². The van der Waals surface area contributed by atoms with Crippen LogP contribution in [0.1, 0.15) is 27.2 Å². The number of nitrogens with zero attached hydrogens (tertiary/aromatic N) is 3. The number of rotatable bonds is 4. The van der Waals surface area contributed by atoms with Crippen LogP contribution in [-0.2, 0) is 4.74 Å². The summed E-state index contributed by atoms with van der Waals surface area (Å²) in [7, 11) is 1.59. The van der Waals surface area contributed by atoms with E-state index in [1.54, 1.807) is 33.9 Å². The van der Waals surface area contributed by atoms with Crippen LogP contribution in [0.2, 0.25) is 0 Å². The van der Waals surface area contributed by atoms with Gasteiger partial charge in [-0.25, -0.2) is 9.78 Å². The molecule has 1 aromatic heterocycles. The van der Waals surface area contributed by atoms with Crippen molar-refractivity contribution in [3.8, 4) is 0 Å². The van der Waals surface area contributed by atoms with Gasteiger partial charge in [0.05, 0.1) is 11.0 Å². The Morgan fingerprint density at radius 3 is 2.79 bits per heavy atom. The Balaban J connectivity index is 2.09. The third-order valence-corrected chi connectivity index (χ3v) is 3.57. The van der Waals surface area contributed by atoms with Crippen molar-refractivity contribution >= 4 is 23.3 Å². The molecule has 24 heavy (non-hydrogen) atoms. The Kier molecular flexibility index (Phi) is 5.10. The number of ether oxygens (including phenoxy) is 1. The second-order valence-corrected chi connectivity index (χ2v) is 6.61. The summed E-state index contributed by atoms with van der Waals surface area (Å²) in [6.45, 7) is 6.48. The van der Waals surface area contributed by atoms with Crippen LogP contribution in [0.4, 0.5) is 22.0 Å². The average Bonchev–Trinajstić information content (AvgIpc) is 2.92. The number of amides is 1. The molecule has 9 heteroatoms. The number of nitrogens with one attached hydrogen (secondary N) is 2. The van der Waals surface area contributed by atoms with Crippen molar-refractivity contribution in [1.29, 1.82) is 0 Å². The minimum absolute atomic E-state index is 0.0575. The molecule has 1 amide bonds. The van der Waals surface area contributed by atoms with E-state index in [0.29, 0.717) is 25.2 Å². The first-order valence-electron chi connectivity index (χ1n) is 7.77. The molecule has 2 N–H and O–H groups in total. The third kappa shape index (κ3) is 4.24. The van der Waals surface area contributed by atoms with Crippen LogP contribution >= 0.6 is 0 Å². The van der Waals surface area contributed by atoms with Gasteiger partial charge in [0.25, 0.3) is 0 Å². The number of carbonyl (C=O) groups excluding carboxylic acids is 1. The number of alkyl carbamates (subject to hydrolysis) is 1. The van der Waals surface area contributed by atoms with E-state index in [4.69, 9.17) is 4.74 Å². The van der Waals surface area contributed by atoms with Crippen molar-refractivity contribution in [1.82, 2.24) is 10.3 Å². The Morgan fingerprint density at radius 1 is 1.50 bits per heavy atom. The lowest BCUT2D eigenvalue weighted by Crippen LogP contribution is -2.40. The quantitative estimate of drug-likeness (QED) is 0.640. The summed E-state index contributed by atoms with van der Waals surface area (Å²) >= 11 is 0. The summed E-state index contributed by atoms with van der Waals surface area (Å²) in [5.74, 6) is 0.223. The van der Waals surface area contributed by atoms with Gasteiger partial charge >= 0.3 is 11.8 Å². The smallest absolute Gasteiger partial charge is 0.407 e. The van der Waals surface area contributed by atoms with E-state index in [9.17, 15) is 14.9 Å². The fourth-order valence-corrected chi connectivity index (χ4v) is 2.63. The standard InChI is InChI=1S/C15H23N5O4/c1-15(2,3)24-14(21)18-10-6-8-19(9-10)11-5-7-17-13(16-4)12(11)20(22)23/h5,7,10H,6,8-9H2,1-4H3,(H,16,17)(H,18,21)/t10-/m1/s1. The van der Waals surface area contributed by atoms with E-state index in [-0.39, 0.29) is 17.5 Å². The number of carbonyl (C=O) groups is 1. The molecule has 0 radical (unpaired) electrons. The van der Waals surface area contributed by atoms with Gasteiger partial charge in [0.1, 0.15) is 11.3 Å². The van der Waals surface area contributed by atoms with Gasteiger partial charge in [0.15, 0.2) is 0 Å². The van der Waals surface area contributed by atoms with Crippen LogP contribution in [-0.4, -0.2) is 47.8 Å². The summed E-state index contributed by atoms with van der Waals surface area (Å²) in [4.78, 5) is 28.7. The normalized spacial score (nSPS) is 17.5. The highest BCUT2D eigenvalue weighted by Gasteiger charge is 2.31. The summed E-state index contributed by atoms with van der Waals surface area (Å²) in [6, 6.07) is 1.50. The van der Waals surface area contributed by atoms with Gasteiger partial charge in [-0.3, -0.25) is 10.1 Å². The molecule has 0 bridgehead atoms. The Morgan fingerprint density at radius 2 is 2.21 bits per heavy atom. The van der Waals surface area contributed by atoms with Crippen molar-refractivity contribution in [3.63, 3.8) is 0 Å². The predicted molar refractivity (Wildman–Crippen MR) is 90.4 cm³/mol. The number of pyridine rings is 1. The molecule has 9 nitrogen and oxygen atoms in total. The van der Waals surface area contributed by atoms with Gasteiger partial charge < -0.3 is 20.3 Å². The first kappa shape index (κ1) is 17.8. The molecular formula is C15H23N5O4. The molecule has 1 atom stereocenters. The number of hydrogen-bond donors (Lipinski definition) is 2. The molecule has 1 aliphatic heterocycles. The molecule has 2 rings (SSSR count). The first-order valence-corrected chi connectivity index (χ1v) is 7.77. The van der Waals surface area contributed by atoms with Crippen LogP contribution in [0, 0.1) is 10.1 Å². The zero-order valence-corrected chi connectivity index (χ0v) is 14.3. The number of hydrogen-bond acceptors (Lipinski definition) is 7. The van der Waals surface area contributed by atoms with E-state index in [1.807, 2.05) is 4.90 Å². The van der Waals surface area contributed by atoms with Gasteiger partial charge in [-0.05, 0) is 33.3 Å². The molecular weight excluding hydrogens is 314 g/mol. The van der Waals surface area contributed by atoms with Crippen LogP contribution in [0.3, 0.4) is 0 Å². The molecule has 0 spiro atoms. The Labute approximate surface area is 140 Å². The summed E-state index contributed by atoms with van der Waals surface area (Å²) < 4.78 is 5.24. The molecule has 0 aromatic carbocycles. The minimum atomic E-state index is -0.562. The SMILES string of the molecule is CNc1nccc(N2CC[C@@H](NC(=O)OC(C)(C)C)C2)c1[N+](=O)[O-]. The summed E-state index contributed by atoms with van der Waals surface area (Å²) in [6.07, 6.45) is 1.74. The number of anilines is 2. The monoisotopic (exact) mass is 337 g/mol. The maximum Gasteiger partial charge on any atom is 0.407 e. The average molecular weight is 337 g/mol. The fourth-order valence-electron chi connectivity index (χ4n) is 2.63. The van der Waals surface area contributed by atoms with E-state index in [0.717, 1.165) is 0 Å². The third-order valence-electron chi connectivity index (χ3n) is 3.57. The van der Waals surface area contributed by atoms with Crippen molar-refractivity contribution in [2.24, 2.45) is 0 Å². The number of aromatic nitrogens is 1. The molecule has 1 fully saturated rings. The van der Waals surface area contributed by atoms with Crippen LogP contribution in [0.5, 0.6) is 0 Å². The Bertz CT molecular complexity index is 629. The lowest BCUT2D eigenvalue weighted by molar-refractivity contribution is -0.383. The van der Waals surface area contributed by atoms with E-state index in [2.05, 4.69) is 15.6 Å². The summed E-state index contributed by atoms with van der Waals surface area (Å²) in [5, 5.41) is 16.9. The van der Waals surface area contributed by atoms with Gasteiger partial charge in [-0.15, -0.1) is 0 Å². The van der Waals surface area contributed by atoms with E-state index < -0.39 is 16.6 Å². The van der Waals surface area contributed by atoms with Crippen LogP contribution in [0.25, 0.3) is 0 Å². The highest BCUT2D eigenvalue weighted by atomic mass is 16.6. The van der Waals surface area contributed by atoms with Gasteiger partial charge in [-0.2, -0.15) is 0 Å². The molecule has 2 heterocycles. The molecule has 1 aliphatic rings. The van der Waals surface area contributed by atoms with E-state index in [1.165, 1.54) is 6.20 Å². The second-order valence-electron chi connectivity index (χ2n) is 6.61. The topological polar surface area (TPSA) is 110 Å². The van der Waals surface area contributed by atoms with E-state index >= 15 is 0 Å². The maximum absolute atomic E-state index is 11.9. The largest absolute Gasteiger partial charge is 0.444 e. The van der Waals surface area contributed by atoms with Crippen LogP contribution < -0.4 is 15.5 Å². The molecule has 132 valence electrons. The maximum atomic E-state index is 11.9. The lowest BCUT2D eigenvalue weighted by atomic mass is 10.2. The van der Waals surface area contributed by atoms with Crippen molar-refractivity contribution in [3.05, 3.63) is 22.4 Å². The fraction of sp³-hybridized carbons (Fsp3) is 0.600.